The van der Waals surface area contributed by atoms with Gasteiger partial charge in [-0.05, 0) is 49.2 Å². The second-order valence-corrected chi connectivity index (χ2v) is 9.23. The number of hydrogen-bond donors (Lipinski definition) is 1. The van der Waals surface area contributed by atoms with Crippen LogP contribution in [0, 0.1) is 6.92 Å². The Balaban J connectivity index is 1.73. The number of rotatable bonds is 10. The van der Waals surface area contributed by atoms with Gasteiger partial charge in [0.15, 0.2) is 0 Å². The minimum Gasteiger partial charge on any atom is -0.507 e. The smallest absolute Gasteiger partial charge is 0.295 e. The van der Waals surface area contributed by atoms with Crippen LogP contribution in [0.4, 0.5) is 0 Å². The van der Waals surface area contributed by atoms with Crippen molar-refractivity contribution < 1.29 is 24.2 Å². The van der Waals surface area contributed by atoms with Crippen molar-refractivity contribution in [1.29, 1.82) is 0 Å². The molecule has 0 aromatic heterocycles. The van der Waals surface area contributed by atoms with Crippen LogP contribution in [-0.4, -0.2) is 35.4 Å². The average Bonchev–Trinajstić information content (AvgIpc) is 3.16. The number of nitrogens with zero attached hydrogens (tertiary/aromatic N) is 1. The number of aliphatic hydroxyl groups excluding tert-OH is 1. The summed E-state index contributed by atoms with van der Waals surface area (Å²) in [6.45, 7) is 4.88. The van der Waals surface area contributed by atoms with Crippen molar-refractivity contribution in [3.63, 3.8) is 0 Å². The molecular formula is C31H33NO5. The molecule has 1 aliphatic rings. The highest BCUT2D eigenvalue weighted by molar-refractivity contribution is 6.46. The van der Waals surface area contributed by atoms with Crippen LogP contribution in [-0.2, 0) is 16.1 Å². The molecule has 0 aliphatic carbocycles. The van der Waals surface area contributed by atoms with Crippen molar-refractivity contribution in [3.05, 3.63) is 101 Å². The number of para-hydroxylation sites is 1. The lowest BCUT2D eigenvalue weighted by atomic mass is 9.94. The minimum atomic E-state index is -0.741. The number of carbonyl (C=O) groups is 2. The number of amides is 1. The summed E-state index contributed by atoms with van der Waals surface area (Å²) >= 11 is 0. The summed E-state index contributed by atoms with van der Waals surface area (Å²) < 4.78 is 11.3. The van der Waals surface area contributed by atoms with Gasteiger partial charge >= 0.3 is 0 Å². The summed E-state index contributed by atoms with van der Waals surface area (Å²) in [6.07, 6.45) is 3.20. The second-order valence-electron chi connectivity index (χ2n) is 9.23. The third kappa shape index (κ3) is 5.69. The maximum absolute atomic E-state index is 13.3. The second kappa shape index (κ2) is 11.8. The zero-order valence-electron chi connectivity index (χ0n) is 21.6. The topological polar surface area (TPSA) is 76.1 Å². The summed E-state index contributed by atoms with van der Waals surface area (Å²) in [4.78, 5) is 28.2. The van der Waals surface area contributed by atoms with E-state index in [1.54, 1.807) is 31.4 Å². The molecule has 192 valence electrons. The Hall–Kier alpha value is -4.06. The quantitative estimate of drug-likeness (QED) is 0.156. The standard InChI is InChI=1S/C31H33NO5/c1-4-5-8-18-37-25-16-14-22(15-17-25)29(33)27-28(23-12-9-10-21(2)19-23)32(31(35)30(27)34)20-24-11-6-7-13-26(24)36-3/h6-7,9-17,19,28,33H,4-5,8,18,20H2,1-3H3/b29-27-. The van der Waals surface area contributed by atoms with Gasteiger partial charge in [0.1, 0.15) is 17.3 Å². The highest BCUT2D eigenvalue weighted by atomic mass is 16.5. The van der Waals surface area contributed by atoms with Crippen LogP contribution in [0.5, 0.6) is 11.5 Å². The molecule has 6 nitrogen and oxygen atoms in total. The Kier molecular flexibility index (Phi) is 8.29. The number of ether oxygens (including phenoxy) is 2. The van der Waals surface area contributed by atoms with E-state index in [2.05, 4.69) is 6.92 Å². The molecule has 6 heteroatoms. The van der Waals surface area contributed by atoms with Gasteiger partial charge < -0.3 is 19.5 Å². The molecule has 1 unspecified atom stereocenters. The van der Waals surface area contributed by atoms with Crippen molar-refractivity contribution in [2.24, 2.45) is 0 Å². The molecule has 1 saturated heterocycles. The molecule has 1 fully saturated rings. The molecule has 1 amide bonds. The van der Waals surface area contributed by atoms with Crippen LogP contribution in [0.15, 0.2) is 78.4 Å². The molecule has 0 radical (unpaired) electrons. The Bertz CT molecular complexity index is 1290. The number of benzene rings is 3. The molecule has 0 bridgehead atoms. The highest BCUT2D eigenvalue weighted by Gasteiger charge is 2.46. The molecule has 4 rings (SSSR count). The summed E-state index contributed by atoms with van der Waals surface area (Å²) in [5.41, 5.74) is 3.04. The van der Waals surface area contributed by atoms with Crippen molar-refractivity contribution >= 4 is 17.4 Å². The third-order valence-corrected chi connectivity index (χ3v) is 6.58. The van der Waals surface area contributed by atoms with Gasteiger partial charge in [0.25, 0.3) is 11.7 Å². The molecule has 1 N–H and O–H groups in total. The van der Waals surface area contributed by atoms with Gasteiger partial charge in [0.2, 0.25) is 0 Å². The average molecular weight is 500 g/mol. The molecule has 1 aliphatic heterocycles. The number of carbonyl (C=O) groups excluding carboxylic acids is 2. The highest BCUT2D eigenvalue weighted by Crippen LogP contribution is 2.41. The van der Waals surface area contributed by atoms with Crippen LogP contribution in [0.3, 0.4) is 0 Å². The first-order chi connectivity index (χ1) is 17.9. The summed E-state index contributed by atoms with van der Waals surface area (Å²) in [5.74, 6) is -0.250. The number of hydrogen-bond acceptors (Lipinski definition) is 5. The van der Waals surface area contributed by atoms with Gasteiger partial charge in [-0.25, -0.2) is 0 Å². The van der Waals surface area contributed by atoms with Gasteiger partial charge in [-0.15, -0.1) is 0 Å². The molecule has 1 atom stereocenters. The van der Waals surface area contributed by atoms with Crippen molar-refractivity contribution in [2.75, 3.05) is 13.7 Å². The number of Topliss-reactive ketones (excluding diaryl/α,β-unsaturated/α-hetero) is 1. The fourth-order valence-electron chi connectivity index (χ4n) is 4.65. The fourth-order valence-corrected chi connectivity index (χ4v) is 4.65. The first kappa shape index (κ1) is 26.0. The summed E-state index contributed by atoms with van der Waals surface area (Å²) in [5, 5.41) is 11.3. The van der Waals surface area contributed by atoms with E-state index in [1.807, 2.05) is 55.5 Å². The molecule has 0 spiro atoms. The lowest BCUT2D eigenvalue weighted by Crippen LogP contribution is -2.29. The minimum absolute atomic E-state index is 0.0714. The monoisotopic (exact) mass is 499 g/mol. The van der Waals surface area contributed by atoms with Gasteiger partial charge in [-0.3, -0.25) is 9.59 Å². The first-order valence-electron chi connectivity index (χ1n) is 12.6. The maximum atomic E-state index is 13.3. The van der Waals surface area contributed by atoms with E-state index in [9.17, 15) is 14.7 Å². The summed E-state index contributed by atoms with van der Waals surface area (Å²) in [7, 11) is 1.57. The van der Waals surface area contributed by atoms with E-state index in [1.165, 1.54) is 4.90 Å². The lowest BCUT2D eigenvalue weighted by molar-refractivity contribution is -0.140. The van der Waals surface area contributed by atoms with Crippen LogP contribution in [0.2, 0.25) is 0 Å². The first-order valence-corrected chi connectivity index (χ1v) is 12.6. The van der Waals surface area contributed by atoms with Crippen molar-refractivity contribution in [2.45, 2.75) is 45.7 Å². The van der Waals surface area contributed by atoms with Crippen LogP contribution >= 0.6 is 0 Å². The van der Waals surface area contributed by atoms with E-state index in [0.717, 1.165) is 36.0 Å². The van der Waals surface area contributed by atoms with Crippen molar-refractivity contribution in [3.8, 4) is 11.5 Å². The zero-order valence-corrected chi connectivity index (χ0v) is 21.6. The SMILES string of the molecule is CCCCCOc1ccc(/C(O)=C2/C(=O)C(=O)N(Cc3ccccc3OC)C2c2cccc(C)c2)cc1. The molecule has 1 heterocycles. The maximum Gasteiger partial charge on any atom is 0.295 e. The van der Waals surface area contributed by atoms with E-state index >= 15 is 0 Å². The number of ketones is 1. The van der Waals surface area contributed by atoms with Crippen LogP contribution < -0.4 is 9.47 Å². The number of aliphatic hydroxyl groups is 1. The van der Waals surface area contributed by atoms with E-state index in [0.29, 0.717) is 23.7 Å². The van der Waals surface area contributed by atoms with Gasteiger partial charge in [-0.1, -0.05) is 67.8 Å². The van der Waals surface area contributed by atoms with Crippen LogP contribution in [0.1, 0.15) is 54.5 Å². The van der Waals surface area contributed by atoms with Gasteiger partial charge in [-0.2, -0.15) is 0 Å². The molecule has 0 saturated carbocycles. The largest absolute Gasteiger partial charge is 0.507 e. The normalized spacial score (nSPS) is 16.7. The molecule has 3 aromatic carbocycles. The van der Waals surface area contributed by atoms with Crippen molar-refractivity contribution in [1.82, 2.24) is 4.90 Å². The number of methoxy groups -OCH3 is 1. The Morgan fingerprint density at radius 2 is 1.73 bits per heavy atom. The molecule has 3 aromatic rings. The molecule has 37 heavy (non-hydrogen) atoms. The van der Waals surface area contributed by atoms with Gasteiger partial charge in [0.05, 0.1) is 31.9 Å². The predicted molar refractivity (Wildman–Crippen MR) is 143 cm³/mol. The Morgan fingerprint density at radius 1 is 0.973 bits per heavy atom. The lowest BCUT2D eigenvalue weighted by Gasteiger charge is -2.26. The third-order valence-electron chi connectivity index (χ3n) is 6.58. The Morgan fingerprint density at radius 3 is 2.43 bits per heavy atom. The summed E-state index contributed by atoms with van der Waals surface area (Å²) in [6, 6.07) is 21.3. The number of likely N-dealkylation sites (tertiary alicyclic amines) is 1. The fraction of sp³-hybridized carbons (Fsp3) is 0.290. The van der Waals surface area contributed by atoms with Crippen LogP contribution in [0.25, 0.3) is 5.76 Å². The number of aryl methyl sites for hydroxylation is 1. The van der Waals surface area contributed by atoms with E-state index in [4.69, 9.17) is 9.47 Å². The Labute approximate surface area is 218 Å². The number of unbranched alkanes of at least 4 members (excludes halogenated alkanes) is 2. The zero-order chi connectivity index (χ0) is 26.4. The van der Waals surface area contributed by atoms with E-state index < -0.39 is 17.7 Å². The van der Waals surface area contributed by atoms with Gasteiger partial charge in [0, 0.05) is 11.1 Å². The molecular weight excluding hydrogens is 466 g/mol. The van der Waals surface area contributed by atoms with E-state index in [-0.39, 0.29) is 17.9 Å². The predicted octanol–water partition coefficient (Wildman–Crippen LogP) is 6.19.